The molecule has 1 aliphatic rings. The van der Waals surface area contributed by atoms with Gasteiger partial charge in [-0.15, -0.1) is 11.3 Å². The molecule has 0 radical (unpaired) electrons. The number of benzene rings is 1. The maximum atomic E-state index is 12.4. The molecule has 0 aliphatic carbocycles. The van der Waals surface area contributed by atoms with Crippen LogP contribution in [0.5, 0.6) is 5.75 Å². The first-order chi connectivity index (χ1) is 15.7. The number of aromatic amines is 1. The van der Waals surface area contributed by atoms with Crippen LogP contribution in [0.4, 0.5) is 4.79 Å². The lowest BCUT2D eigenvalue weighted by atomic mass is 10.0. The van der Waals surface area contributed by atoms with E-state index in [4.69, 9.17) is 9.47 Å². The lowest BCUT2D eigenvalue weighted by Gasteiger charge is -2.33. The minimum absolute atomic E-state index is 0.0653. The summed E-state index contributed by atoms with van der Waals surface area (Å²) < 4.78 is 11.8. The number of H-pyrrole nitrogens is 1. The number of fused-ring (bicyclic) bond motifs is 3. The van der Waals surface area contributed by atoms with Gasteiger partial charge in [-0.05, 0) is 63.7 Å². The highest BCUT2D eigenvalue weighted by atomic mass is 32.1. The molecule has 176 valence electrons. The third-order valence-corrected chi connectivity index (χ3v) is 6.60. The number of methoxy groups -OCH3 is 1. The van der Waals surface area contributed by atoms with Crippen LogP contribution in [0.25, 0.3) is 27.1 Å². The molecular formula is C25H31N3O4S. The number of alkyl carbamates (subject to hydrolysis) is 1. The summed E-state index contributed by atoms with van der Waals surface area (Å²) in [6.07, 6.45) is 5.79. The van der Waals surface area contributed by atoms with E-state index in [-0.39, 0.29) is 17.7 Å². The molecule has 0 bridgehead atoms. The lowest BCUT2D eigenvalue weighted by Crippen LogP contribution is -2.48. The minimum atomic E-state index is -0.503. The van der Waals surface area contributed by atoms with Crippen molar-refractivity contribution in [2.24, 2.45) is 0 Å². The van der Waals surface area contributed by atoms with Crippen molar-refractivity contribution < 1.29 is 14.3 Å². The summed E-state index contributed by atoms with van der Waals surface area (Å²) in [6, 6.07) is 5.84. The Hall–Kier alpha value is -2.84. The summed E-state index contributed by atoms with van der Waals surface area (Å²) in [5.41, 5.74) is 1.18. The Morgan fingerprint density at radius 1 is 1.33 bits per heavy atom. The number of likely N-dealkylation sites (tertiary alicyclic amines) is 1. The molecule has 0 saturated carbocycles. The van der Waals surface area contributed by atoms with Crippen LogP contribution in [0, 0.1) is 0 Å². The maximum absolute atomic E-state index is 12.4. The summed E-state index contributed by atoms with van der Waals surface area (Å²) in [5, 5.41) is 6.87. The van der Waals surface area contributed by atoms with Gasteiger partial charge in [0.05, 0.1) is 7.11 Å². The second kappa shape index (κ2) is 9.57. The van der Waals surface area contributed by atoms with Crippen molar-refractivity contribution in [1.82, 2.24) is 15.2 Å². The van der Waals surface area contributed by atoms with Gasteiger partial charge in [0, 0.05) is 41.0 Å². The molecule has 4 rings (SSSR count). The van der Waals surface area contributed by atoms with E-state index < -0.39 is 5.60 Å². The molecular weight excluding hydrogens is 438 g/mol. The molecule has 1 aliphatic heterocycles. The van der Waals surface area contributed by atoms with Gasteiger partial charge in [0.25, 0.3) is 5.56 Å². The van der Waals surface area contributed by atoms with Crippen molar-refractivity contribution in [3.8, 4) is 5.75 Å². The van der Waals surface area contributed by atoms with E-state index in [9.17, 15) is 9.59 Å². The molecule has 1 fully saturated rings. The van der Waals surface area contributed by atoms with Crippen LogP contribution in [-0.4, -0.2) is 54.4 Å². The fourth-order valence-corrected chi connectivity index (χ4v) is 5.13. The minimum Gasteiger partial charge on any atom is -0.496 e. The Morgan fingerprint density at radius 2 is 2.15 bits per heavy atom. The molecule has 8 heteroatoms. The van der Waals surface area contributed by atoms with Crippen molar-refractivity contribution in [2.75, 3.05) is 26.7 Å². The molecule has 1 saturated heterocycles. The Morgan fingerprint density at radius 3 is 2.91 bits per heavy atom. The van der Waals surface area contributed by atoms with Crippen molar-refractivity contribution in [2.45, 2.75) is 45.3 Å². The van der Waals surface area contributed by atoms with Gasteiger partial charge in [0.2, 0.25) is 0 Å². The number of piperidine rings is 1. The molecule has 33 heavy (non-hydrogen) atoms. The van der Waals surface area contributed by atoms with Gasteiger partial charge in [0.15, 0.2) is 0 Å². The van der Waals surface area contributed by atoms with Crippen molar-refractivity contribution in [3.05, 3.63) is 45.6 Å². The van der Waals surface area contributed by atoms with Crippen molar-refractivity contribution in [3.63, 3.8) is 0 Å². The van der Waals surface area contributed by atoms with E-state index in [0.29, 0.717) is 0 Å². The molecule has 0 spiro atoms. The molecule has 1 atom stereocenters. The number of hydrogen-bond donors (Lipinski definition) is 2. The van der Waals surface area contributed by atoms with E-state index >= 15 is 0 Å². The second-order valence-electron chi connectivity index (χ2n) is 9.37. The van der Waals surface area contributed by atoms with E-state index in [2.05, 4.69) is 27.4 Å². The fraction of sp³-hybridized carbons (Fsp3) is 0.440. The van der Waals surface area contributed by atoms with Gasteiger partial charge >= 0.3 is 6.09 Å². The first-order valence-electron chi connectivity index (χ1n) is 11.2. The van der Waals surface area contributed by atoms with Gasteiger partial charge in [-0.2, -0.15) is 0 Å². The number of thiophene rings is 1. The van der Waals surface area contributed by atoms with E-state index in [0.717, 1.165) is 64.8 Å². The molecule has 3 aromatic rings. The predicted octanol–water partition coefficient (Wildman–Crippen LogP) is 4.75. The normalized spacial score (nSPS) is 17.6. The molecule has 3 heterocycles. The quantitative estimate of drug-likeness (QED) is 0.563. The highest BCUT2D eigenvalue weighted by molar-refractivity contribution is 7.17. The number of carbonyl (C=O) groups excluding carboxylic acids is 1. The zero-order chi connectivity index (χ0) is 23.6. The standard InChI is InChI=1S/C25H31N3O4S/c1-25(2,3)32-24(30)26-16-7-5-12-28(15-16)13-6-8-17-20(31-4)10-9-19-21(17)18-11-14-33-22(18)23(29)27-19/h6,8-11,14,16H,5,7,12-13,15H2,1-4H3,(H,26,30)(H,27,29)/b8-6+. The third kappa shape index (κ3) is 5.39. The number of carbonyl (C=O) groups is 1. The van der Waals surface area contributed by atoms with Crippen LogP contribution in [0.15, 0.2) is 34.4 Å². The third-order valence-electron chi connectivity index (χ3n) is 5.69. The predicted molar refractivity (Wildman–Crippen MR) is 134 cm³/mol. The number of amides is 1. The Labute approximate surface area is 197 Å². The summed E-state index contributed by atoms with van der Waals surface area (Å²) >= 11 is 1.44. The molecule has 2 aromatic heterocycles. The fourth-order valence-electron chi connectivity index (χ4n) is 4.33. The number of nitrogens with zero attached hydrogens (tertiary/aromatic N) is 1. The monoisotopic (exact) mass is 469 g/mol. The molecule has 7 nitrogen and oxygen atoms in total. The van der Waals surface area contributed by atoms with Gasteiger partial charge in [0.1, 0.15) is 16.1 Å². The van der Waals surface area contributed by atoms with Gasteiger partial charge in [-0.25, -0.2) is 4.79 Å². The van der Waals surface area contributed by atoms with Crippen LogP contribution in [0.3, 0.4) is 0 Å². The van der Waals surface area contributed by atoms with E-state index in [1.54, 1.807) is 7.11 Å². The van der Waals surface area contributed by atoms with Gasteiger partial charge in [-0.3, -0.25) is 9.69 Å². The topological polar surface area (TPSA) is 83.7 Å². The summed E-state index contributed by atoms with van der Waals surface area (Å²) in [6.45, 7) is 8.11. The number of ether oxygens (including phenoxy) is 2. The van der Waals surface area contributed by atoms with Crippen LogP contribution in [-0.2, 0) is 4.74 Å². The summed E-state index contributed by atoms with van der Waals surface area (Å²) in [7, 11) is 1.66. The molecule has 1 amide bonds. The smallest absolute Gasteiger partial charge is 0.407 e. The van der Waals surface area contributed by atoms with Crippen molar-refractivity contribution in [1.29, 1.82) is 0 Å². The number of pyridine rings is 1. The first-order valence-corrected chi connectivity index (χ1v) is 12.1. The maximum Gasteiger partial charge on any atom is 0.407 e. The Balaban J connectivity index is 1.51. The Bertz CT molecular complexity index is 1240. The van der Waals surface area contributed by atoms with Crippen molar-refractivity contribution >= 4 is 44.5 Å². The number of rotatable bonds is 5. The number of aromatic nitrogens is 1. The van der Waals surface area contributed by atoms with Crippen LogP contribution < -0.4 is 15.6 Å². The van der Waals surface area contributed by atoms with Gasteiger partial charge in [-0.1, -0.05) is 12.2 Å². The van der Waals surface area contributed by atoms with Gasteiger partial charge < -0.3 is 19.8 Å². The average Bonchev–Trinajstić information content (AvgIpc) is 3.23. The van der Waals surface area contributed by atoms with E-state index in [1.807, 2.05) is 44.4 Å². The van der Waals surface area contributed by atoms with Crippen LogP contribution >= 0.6 is 11.3 Å². The largest absolute Gasteiger partial charge is 0.496 e. The second-order valence-corrected chi connectivity index (χ2v) is 10.3. The van der Waals surface area contributed by atoms with E-state index in [1.165, 1.54) is 11.3 Å². The highest BCUT2D eigenvalue weighted by Crippen LogP contribution is 2.34. The Kier molecular flexibility index (Phi) is 6.76. The molecule has 1 unspecified atom stereocenters. The zero-order valence-electron chi connectivity index (χ0n) is 19.6. The first kappa shape index (κ1) is 23.3. The number of hydrogen-bond acceptors (Lipinski definition) is 6. The SMILES string of the molecule is COc1ccc2[nH]c(=O)c3sccc3c2c1/C=C/CN1CCCC(NC(=O)OC(C)(C)C)C1. The van der Waals surface area contributed by atoms with Crippen LogP contribution in [0.2, 0.25) is 0 Å². The average molecular weight is 470 g/mol. The molecule has 2 N–H and O–H groups in total. The highest BCUT2D eigenvalue weighted by Gasteiger charge is 2.23. The lowest BCUT2D eigenvalue weighted by molar-refractivity contribution is 0.0475. The molecule has 1 aromatic carbocycles. The summed E-state index contributed by atoms with van der Waals surface area (Å²) in [5.74, 6) is 0.765. The zero-order valence-corrected chi connectivity index (χ0v) is 20.4. The number of nitrogens with one attached hydrogen (secondary N) is 2. The van der Waals surface area contributed by atoms with Crippen LogP contribution in [0.1, 0.15) is 39.2 Å². The summed E-state index contributed by atoms with van der Waals surface area (Å²) in [4.78, 5) is 29.8.